The predicted octanol–water partition coefficient (Wildman–Crippen LogP) is 9.05. The van der Waals surface area contributed by atoms with Gasteiger partial charge in [0.1, 0.15) is 23.7 Å². The second-order valence-corrected chi connectivity index (χ2v) is 15.1. The molecule has 0 radical (unpaired) electrons. The fraction of sp³-hybridized carbons (Fsp3) is 0.277. The van der Waals surface area contributed by atoms with E-state index >= 15 is 0 Å². The highest BCUT2D eigenvalue weighted by Crippen LogP contribution is 2.37. The smallest absolute Gasteiger partial charge is 0.157 e. The first kappa shape index (κ1) is 35.0. The van der Waals surface area contributed by atoms with E-state index in [9.17, 15) is 10.2 Å². The van der Waals surface area contributed by atoms with Gasteiger partial charge in [-0.15, -0.1) is 0 Å². The highest BCUT2D eigenvalue weighted by molar-refractivity contribution is 6.00. The lowest BCUT2D eigenvalue weighted by Gasteiger charge is -2.40. The summed E-state index contributed by atoms with van der Waals surface area (Å²) in [6.07, 6.45) is 4.53. The lowest BCUT2D eigenvalue weighted by atomic mass is 9.94. The third-order valence-corrected chi connectivity index (χ3v) is 11.3. The highest BCUT2D eigenvalue weighted by Gasteiger charge is 2.32. The third kappa shape index (κ3) is 7.79. The van der Waals surface area contributed by atoms with Gasteiger partial charge >= 0.3 is 0 Å². The standard InChI is InChI=1S/C47H46N4O4/c52-44-19-18-33(26-45(44)53)30-50-23-20-36(21-24-50)54-46-28-34(48-41-15-7-4-12-38(41)46)27-35-29-37(22-25-51(35)31-32-10-2-1-3-11-32)55-47-39-13-5-8-16-42(39)49-43-17-9-6-14-40(43)47/h1-19,26,28,35-37,52-53H,20-25,27,29-31H2. The molecule has 0 spiro atoms. The number of para-hydroxylation sites is 3. The van der Waals surface area contributed by atoms with Gasteiger partial charge in [-0.3, -0.25) is 14.8 Å². The van der Waals surface area contributed by atoms with Gasteiger partial charge in [-0.05, 0) is 78.9 Å². The van der Waals surface area contributed by atoms with Crippen LogP contribution in [0.3, 0.4) is 0 Å². The molecule has 9 rings (SSSR count). The van der Waals surface area contributed by atoms with E-state index in [2.05, 4.69) is 107 Å². The number of phenolic OH excluding ortho intramolecular Hbond substituents is 2. The van der Waals surface area contributed by atoms with E-state index in [0.717, 1.165) is 120 Å². The van der Waals surface area contributed by atoms with E-state index in [0.29, 0.717) is 0 Å². The molecule has 2 aliphatic heterocycles. The number of aromatic hydroxyl groups is 2. The molecular weight excluding hydrogens is 685 g/mol. The second-order valence-electron chi connectivity index (χ2n) is 15.1. The number of fused-ring (bicyclic) bond motifs is 3. The molecule has 0 aliphatic carbocycles. The molecule has 0 bridgehead atoms. The van der Waals surface area contributed by atoms with Crippen LogP contribution in [0.4, 0.5) is 0 Å². The average molecular weight is 731 g/mol. The molecule has 2 atom stereocenters. The summed E-state index contributed by atoms with van der Waals surface area (Å²) in [4.78, 5) is 15.1. The Morgan fingerprint density at radius 2 is 1.20 bits per heavy atom. The lowest BCUT2D eigenvalue weighted by molar-refractivity contribution is 0.0520. The number of benzene rings is 5. The van der Waals surface area contributed by atoms with Crippen molar-refractivity contribution in [2.45, 2.75) is 63.4 Å². The molecule has 2 fully saturated rings. The maximum Gasteiger partial charge on any atom is 0.157 e. The summed E-state index contributed by atoms with van der Waals surface area (Å²) < 4.78 is 13.9. The molecule has 278 valence electrons. The minimum atomic E-state index is -0.0900. The number of phenols is 2. The normalized spacial score (nSPS) is 18.5. The number of aromatic nitrogens is 2. The summed E-state index contributed by atoms with van der Waals surface area (Å²) in [5.74, 6) is 1.66. The van der Waals surface area contributed by atoms with Gasteiger partial charge in [0.2, 0.25) is 0 Å². The topological polar surface area (TPSA) is 91.2 Å². The summed E-state index contributed by atoms with van der Waals surface area (Å²) in [6, 6.07) is 43.1. The van der Waals surface area contributed by atoms with Gasteiger partial charge in [0, 0.05) is 79.5 Å². The molecule has 2 aliphatic rings. The van der Waals surface area contributed by atoms with Gasteiger partial charge in [-0.25, -0.2) is 4.98 Å². The van der Waals surface area contributed by atoms with Crippen molar-refractivity contribution in [1.82, 2.24) is 19.8 Å². The van der Waals surface area contributed by atoms with Gasteiger partial charge in [-0.2, -0.15) is 0 Å². The van der Waals surface area contributed by atoms with Crippen molar-refractivity contribution >= 4 is 32.7 Å². The number of pyridine rings is 2. The van der Waals surface area contributed by atoms with Crippen LogP contribution >= 0.6 is 0 Å². The van der Waals surface area contributed by atoms with Crippen LogP contribution in [-0.2, 0) is 19.5 Å². The van der Waals surface area contributed by atoms with Gasteiger partial charge < -0.3 is 19.7 Å². The second kappa shape index (κ2) is 15.6. The molecule has 2 aromatic heterocycles. The van der Waals surface area contributed by atoms with Crippen LogP contribution in [0.5, 0.6) is 23.0 Å². The lowest BCUT2D eigenvalue weighted by Crippen LogP contribution is -2.46. The van der Waals surface area contributed by atoms with Gasteiger partial charge in [0.25, 0.3) is 0 Å². The number of hydrogen-bond donors (Lipinski definition) is 2. The molecule has 8 nitrogen and oxygen atoms in total. The van der Waals surface area contributed by atoms with E-state index in [1.165, 1.54) is 5.56 Å². The van der Waals surface area contributed by atoms with Crippen LogP contribution in [0.2, 0.25) is 0 Å². The van der Waals surface area contributed by atoms with E-state index < -0.39 is 0 Å². The third-order valence-electron chi connectivity index (χ3n) is 11.3. The molecule has 55 heavy (non-hydrogen) atoms. The SMILES string of the molecule is Oc1ccc(CN2CCC(Oc3cc(CC4CC(Oc5c6ccccc6nc6ccccc56)CCN4Cc4ccccc4)nc4ccccc34)CC2)cc1O. The number of rotatable bonds is 10. The maximum atomic E-state index is 9.97. The number of piperidine rings is 2. The quantitative estimate of drug-likeness (QED) is 0.106. The zero-order valence-corrected chi connectivity index (χ0v) is 30.9. The number of hydrogen-bond acceptors (Lipinski definition) is 8. The van der Waals surface area contributed by atoms with E-state index in [1.807, 2.05) is 18.2 Å². The molecule has 7 aromatic rings. The predicted molar refractivity (Wildman–Crippen MR) is 218 cm³/mol. The first-order chi connectivity index (χ1) is 27.0. The zero-order valence-electron chi connectivity index (χ0n) is 30.9. The largest absolute Gasteiger partial charge is 0.504 e. The van der Waals surface area contributed by atoms with Crippen molar-refractivity contribution in [2.24, 2.45) is 0 Å². The van der Waals surface area contributed by atoms with Crippen molar-refractivity contribution in [3.63, 3.8) is 0 Å². The Morgan fingerprint density at radius 1 is 0.564 bits per heavy atom. The highest BCUT2D eigenvalue weighted by atomic mass is 16.5. The molecular formula is C47H46N4O4. The Kier molecular flexibility index (Phi) is 9.92. The Bertz CT molecular complexity index is 2380. The Morgan fingerprint density at radius 3 is 1.91 bits per heavy atom. The fourth-order valence-electron chi connectivity index (χ4n) is 8.43. The van der Waals surface area contributed by atoms with Gasteiger partial charge in [0.15, 0.2) is 11.5 Å². The van der Waals surface area contributed by atoms with E-state index in [4.69, 9.17) is 19.4 Å². The molecule has 0 saturated carbocycles. The molecule has 2 N–H and O–H groups in total. The monoisotopic (exact) mass is 730 g/mol. The van der Waals surface area contributed by atoms with Crippen molar-refractivity contribution in [3.8, 4) is 23.0 Å². The summed E-state index contributed by atoms with van der Waals surface area (Å²) in [5.41, 5.74) is 6.17. The summed E-state index contributed by atoms with van der Waals surface area (Å²) in [5, 5.41) is 22.8. The van der Waals surface area contributed by atoms with Gasteiger partial charge in [-0.1, -0.05) is 72.8 Å². The summed E-state index contributed by atoms with van der Waals surface area (Å²) in [6.45, 7) is 4.30. The number of nitrogens with zero attached hydrogens (tertiary/aromatic N) is 4. The summed E-state index contributed by atoms with van der Waals surface area (Å²) >= 11 is 0. The van der Waals surface area contributed by atoms with Crippen molar-refractivity contribution < 1.29 is 19.7 Å². The maximum absolute atomic E-state index is 9.97. The van der Waals surface area contributed by atoms with Crippen molar-refractivity contribution in [1.29, 1.82) is 0 Å². The van der Waals surface area contributed by atoms with Crippen LogP contribution in [0, 0.1) is 0 Å². The molecule has 2 unspecified atom stereocenters. The van der Waals surface area contributed by atoms with Crippen LogP contribution in [0.25, 0.3) is 32.7 Å². The minimum absolute atomic E-state index is 0.0399. The minimum Gasteiger partial charge on any atom is -0.504 e. The van der Waals surface area contributed by atoms with Crippen molar-refractivity contribution in [3.05, 3.63) is 144 Å². The van der Waals surface area contributed by atoms with Crippen LogP contribution in [0.1, 0.15) is 42.5 Å². The molecule has 5 aromatic carbocycles. The summed E-state index contributed by atoms with van der Waals surface area (Å²) in [7, 11) is 0. The Hall–Kier alpha value is -5.70. The van der Waals surface area contributed by atoms with Gasteiger partial charge in [0.05, 0.1) is 16.6 Å². The van der Waals surface area contributed by atoms with Crippen LogP contribution in [0.15, 0.2) is 127 Å². The number of likely N-dealkylation sites (tertiary alicyclic amines) is 2. The number of ether oxygens (including phenoxy) is 2. The molecule has 0 amide bonds. The Balaban J connectivity index is 0.959. The Labute approximate surface area is 321 Å². The average Bonchev–Trinajstić information content (AvgIpc) is 3.21. The van der Waals surface area contributed by atoms with E-state index in [1.54, 1.807) is 12.1 Å². The molecule has 4 heterocycles. The van der Waals surface area contributed by atoms with Crippen molar-refractivity contribution in [2.75, 3.05) is 19.6 Å². The van der Waals surface area contributed by atoms with Crippen LogP contribution < -0.4 is 9.47 Å². The van der Waals surface area contributed by atoms with E-state index in [-0.39, 0.29) is 29.7 Å². The molecule has 8 heteroatoms. The first-order valence-corrected chi connectivity index (χ1v) is 19.5. The molecule has 2 saturated heterocycles. The zero-order chi connectivity index (χ0) is 37.1. The fourth-order valence-corrected chi connectivity index (χ4v) is 8.43. The first-order valence-electron chi connectivity index (χ1n) is 19.5. The van der Waals surface area contributed by atoms with Crippen LogP contribution in [-0.4, -0.2) is 67.9 Å².